The van der Waals surface area contributed by atoms with Crippen LogP contribution in [0.1, 0.15) is 36.2 Å². The van der Waals surface area contributed by atoms with Crippen LogP contribution in [0.25, 0.3) is 11.5 Å². The van der Waals surface area contributed by atoms with Gasteiger partial charge in [-0.1, -0.05) is 6.07 Å². The second-order valence-corrected chi connectivity index (χ2v) is 5.74. The van der Waals surface area contributed by atoms with Crippen molar-refractivity contribution in [3.8, 4) is 11.5 Å². The van der Waals surface area contributed by atoms with Gasteiger partial charge in [0.25, 0.3) is 0 Å². The normalized spacial score (nSPS) is 14.4. The predicted octanol–water partition coefficient (Wildman–Crippen LogP) is 2.84. The lowest BCUT2D eigenvalue weighted by Crippen LogP contribution is -2.18. The summed E-state index contributed by atoms with van der Waals surface area (Å²) >= 11 is 0. The van der Waals surface area contributed by atoms with Gasteiger partial charge in [-0.15, -0.1) is 0 Å². The summed E-state index contributed by atoms with van der Waals surface area (Å²) in [5.41, 5.74) is 4.28. The van der Waals surface area contributed by atoms with Gasteiger partial charge in [0.2, 0.25) is 0 Å². The van der Waals surface area contributed by atoms with Gasteiger partial charge in [-0.3, -0.25) is 4.98 Å². The maximum atomic E-state index is 4.64. The highest BCUT2D eigenvalue weighted by Crippen LogP contribution is 2.20. The van der Waals surface area contributed by atoms with Gasteiger partial charge in [-0.2, -0.15) is 0 Å². The molecule has 4 nitrogen and oxygen atoms in total. The highest BCUT2D eigenvalue weighted by Gasteiger charge is 2.19. The minimum Gasteiger partial charge on any atom is -0.314 e. The van der Waals surface area contributed by atoms with E-state index in [9.17, 15) is 0 Å². The van der Waals surface area contributed by atoms with Gasteiger partial charge in [-0.25, -0.2) is 9.97 Å². The van der Waals surface area contributed by atoms with Crippen LogP contribution in [0.15, 0.2) is 24.4 Å². The van der Waals surface area contributed by atoms with Crippen LogP contribution in [0, 0.1) is 13.8 Å². The summed E-state index contributed by atoms with van der Waals surface area (Å²) in [4.78, 5) is 13.6. The fourth-order valence-corrected chi connectivity index (χ4v) is 2.57. The van der Waals surface area contributed by atoms with Crippen LogP contribution in [-0.4, -0.2) is 27.5 Å². The molecule has 4 heteroatoms. The zero-order valence-corrected chi connectivity index (χ0v) is 12.8. The number of hydrogen-bond donors (Lipinski definition) is 1. The molecule has 2 aromatic rings. The van der Waals surface area contributed by atoms with Crippen LogP contribution >= 0.6 is 0 Å². The summed E-state index contributed by atoms with van der Waals surface area (Å²) in [7, 11) is 0. The number of nitrogens with one attached hydrogen (secondary N) is 1. The van der Waals surface area contributed by atoms with Gasteiger partial charge in [0.1, 0.15) is 5.69 Å². The Bertz CT molecular complexity index is 582. The quantitative estimate of drug-likeness (QED) is 0.828. The van der Waals surface area contributed by atoms with E-state index < -0.39 is 0 Å². The van der Waals surface area contributed by atoms with Gasteiger partial charge >= 0.3 is 0 Å². The number of nitrogens with zero attached hydrogens (tertiary/aromatic N) is 3. The van der Waals surface area contributed by atoms with Gasteiger partial charge in [0, 0.05) is 23.6 Å². The molecule has 1 N–H and O–H groups in total. The SMILES string of the molecule is Cc1nc(-c2ccccn2)nc(C)c1CCCNC1CC1. The van der Waals surface area contributed by atoms with Crippen molar-refractivity contribution in [2.45, 2.75) is 45.6 Å². The van der Waals surface area contributed by atoms with Crippen molar-refractivity contribution in [1.82, 2.24) is 20.3 Å². The fourth-order valence-electron chi connectivity index (χ4n) is 2.57. The molecule has 0 unspecified atom stereocenters. The molecule has 1 fully saturated rings. The Balaban J connectivity index is 1.70. The van der Waals surface area contributed by atoms with Crippen molar-refractivity contribution in [3.63, 3.8) is 0 Å². The largest absolute Gasteiger partial charge is 0.314 e. The Hall–Kier alpha value is -1.81. The second-order valence-electron chi connectivity index (χ2n) is 5.74. The smallest absolute Gasteiger partial charge is 0.178 e. The van der Waals surface area contributed by atoms with E-state index in [4.69, 9.17) is 0 Å². The molecule has 0 radical (unpaired) electrons. The molecular formula is C17H22N4. The van der Waals surface area contributed by atoms with Crippen molar-refractivity contribution in [2.24, 2.45) is 0 Å². The zero-order valence-electron chi connectivity index (χ0n) is 12.8. The highest BCUT2D eigenvalue weighted by molar-refractivity contribution is 5.49. The molecule has 0 saturated heterocycles. The van der Waals surface area contributed by atoms with E-state index in [1.807, 2.05) is 18.2 Å². The summed E-state index contributed by atoms with van der Waals surface area (Å²) in [6, 6.07) is 6.61. The standard InChI is InChI=1S/C17H22N4/c1-12-15(6-5-11-18-14-8-9-14)13(2)21-17(20-12)16-7-3-4-10-19-16/h3-4,7,10,14,18H,5-6,8-9,11H2,1-2H3. The molecule has 1 aliphatic carbocycles. The van der Waals surface area contributed by atoms with Crippen molar-refractivity contribution >= 4 is 0 Å². The molecule has 0 atom stereocenters. The number of aromatic nitrogens is 3. The number of hydrogen-bond acceptors (Lipinski definition) is 4. The van der Waals surface area contributed by atoms with Crippen LogP contribution in [0.2, 0.25) is 0 Å². The van der Waals surface area contributed by atoms with Crippen LogP contribution in [0.4, 0.5) is 0 Å². The molecule has 0 aliphatic heterocycles. The first-order valence-corrected chi connectivity index (χ1v) is 7.73. The maximum absolute atomic E-state index is 4.64. The van der Waals surface area contributed by atoms with E-state index >= 15 is 0 Å². The number of pyridine rings is 1. The number of aryl methyl sites for hydroxylation is 2. The lowest BCUT2D eigenvalue weighted by Gasteiger charge is -2.11. The van der Waals surface area contributed by atoms with Gasteiger partial charge in [0.05, 0.1) is 0 Å². The molecule has 1 aliphatic rings. The van der Waals surface area contributed by atoms with Crippen LogP contribution in [0.5, 0.6) is 0 Å². The molecule has 21 heavy (non-hydrogen) atoms. The summed E-state index contributed by atoms with van der Waals surface area (Å²) in [6.07, 6.45) is 6.66. The Kier molecular flexibility index (Phi) is 4.25. The molecule has 2 heterocycles. The maximum Gasteiger partial charge on any atom is 0.178 e. The predicted molar refractivity (Wildman–Crippen MR) is 84.1 cm³/mol. The third kappa shape index (κ3) is 3.64. The molecule has 3 rings (SSSR count). The highest BCUT2D eigenvalue weighted by atomic mass is 14.9. The van der Waals surface area contributed by atoms with Crippen LogP contribution in [-0.2, 0) is 6.42 Å². The Morgan fingerprint density at radius 2 is 1.90 bits per heavy atom. The molecule has 1 saturated carbocycles. The fraction of sp³-hybridized carbons (Fsp3) is 0.471. The van der Waals surface area contributed by atoms with E-state index in [2.05, 4.69) is 34.1 Å². The van der Waals surface area contributed by atoms with E-state index in [1.165, 1.54) is 18.4 Å². The molecule has 0 bridgehead atoms. The van der Waals surface area contributed by atoms with Gasteiger partial charge in [0.15, 0.2) is 5.82 Å². The summed E-state index contributed by atoms with van der Waals surface area (Å²) in [6.45, 7) is 5.24. The first-order chi connectivity index (χ1) is 10.2. The first kappa shape index (κ1) is 14.1. The van der Waals surface area contributed by atoms with Crippen molar-refractivity contribution in [1.29, 1.82) is 0 Å². The third-order valence-electron chi connectivity index (χ3n) is 3.93. The van der Waals surface area contributed by atoms with E-state index in [1.54, 1.807) is 6.20 Å². The Morgan fingerprint density at radius 3 is 2.52 bits per heavy atom. The van der Waals surface area contributed by atoms with E-state index in [0.29, 0.717) is 0 Å². The third-order valence-corrected chi connectivity index (χ3v) is 3.93. The van der Waals surface area contributed by atoms with Crippen LogP contribution in [0.3, 0.4) is 0 Å². The second kappa shape index (κ2) is 6.31. The lowest BCUT2D eigenvalue weighted by molar-refractivity contribution is 0.642. The van der Waals surface area contributed by atoms with Crippen molar-refractivity contribution < 1.29 is 0 Å². The van der Waals surface area contributed by atoms with Crippen molar-refractivity contribution in [3.05, 3.63) is 41.3 Å². The molecule has 110 valence electrons. The number of rotatable bonds is 6. The van der Waals surface area contributed by atoms with Gasteiger partial charge < -0.3 is 5.32 Å². The van der Waals surface area contributed by atoms with Gasteiger partial charge in [-0.05, 0) is 63.8 Å². The molecular weight excluding hydrogens is 260 g/mol. The molecule has 0 amide bonds. The minimum absolute atomic E-state index is 0.727. The Labute approximate surface area is 126 Å². The zero-order chi connectivity index (χ0) is 14.7. The summed E-state index contributed by atoms with van der Waals surface area (Å²) in [5.74, 6) is 0.727. The molecule has 0 aromatic carbocycles. The topological polar surface area (TPSA) is 50.7 Å². The van der Waals surface area contributed by atoms with E-state index in [-0.39, 0.29) is 0 Å². The average molecular weight is 282 g/mol. The minimum atomic E-state index is 0.727. The van der Waals surface area contributed by atoms with E-state index in [0.717, 1.165) is 48.3 Å². The average Bonchev–Trinajstić information content (AvgIpc) is 3.30. The molecule has 0 spiro atoms. The monoisotopic (exact) mass is 282 g/mol. The lowest BCUT2D eigenvalue weighted by atomic mass is 10.1. The first-order valence-electron chi connectivity index (χ1n) is 7.73. The Morgan fingerprint density at radius 1 is 1.14 bits per heavy atom. The van der Waals surface area contributed by atoms with Crippen LogP contribution < -0.4 is 5.32 Å². The molecule has 2 aromatic heterocycles. The summed E-state index contributed by atoms with van der Waals surface area (Å²) < 4.78 is 0. The van der Waals surface area contributed by atoms with Crippen molar-refractivity contribution in [2.75, 3.05) is 6.54 Å². The summed E-state index contributed by atoms with van der Waals surface area (Å²) in [5, 5.41) is 3.55.